The highest BCUT2D eigenvalue weighted by Gasteiger charge is 2.26. The summed E-state index contributed by atoms with van der Waals surface area (Å²) in [4.78, 5) is 32.7. The number of fused-ring (bicyclic) bond motifs is 1. The molecule has 0 aliphatic rings. The summed E-state index contributed by atoms with van der Waals surface area (Å²) in [5.41, 5.74) is -2.11. The number of halogens is 1. The Balaban J connectivity index is 2.30. The van der Waals surface area contributed by atoms with Gasteiger partial charge >= 0.3 is 11.3 Å². The number of anilines is 2. The number of nitrogens with one attached hydrogen (secondary N) is 1. The minimum absolute atomic E-state index is 0.0161. The SMILES string of the molecule is O=c1oc2ccc([N+](=O)[O-])cc2c(Nc2ccc(Cl)cc2)c1[N+](=O)[O-]. The molecule has 1 heterocycles. The van der Waals surface area contributed by atoms with Gasteiger partial charge in [0.15, 0.2) is 0 Å². The van der Waals surface area contributed by atoms with Gasteiger partial charge in [-0.05, 0) is 30.3 Å². The molecule has 0 aliphatic carbocycles. The lowest BCUT2D eigenvalue weighted by atomic mass is 10.1. The van der Waals surface area contributed by atoms with Gasteiger partial charge in [-0.1, -0.05) is 11.6 Å². The summed E-state index contributed by atoms with van der Waals surface area (Å²) < 4.78 is 4.91. The van der Waals surface area contributed by atoms with Crippen molar-refractivity contribution >= 4 is 45.3 Å². The Morgan fingerprint density at radius 2 is 1.68 bits per heavy atom. The summed E-state index contributed by atoms with van der Waals surface area (Å²) in [5, 5.41) is 25.5. The van der Waals surface area contributed by atoms with Crippen molar-refractivity contribution in [2.75, 3.05) is 5.32 Å². The molecule has 0 fully saturated rings. The maximum absolute atomic E-state index is 12.0. The monoisotopic (exact) mass is 361 g/mol. The number of hydrogen-bond acceptors (Lipinski definition) is 7. The zero-order chi connectivity index (χ0) is 18.1. The summed E-state index contributed by atoms with van der Waals surface area (Å²) in [6.07, 6.45) is 0. The Morgan fingerprint density at radius 3 is 2.28 bits per heavy atom. The lowest BCUT2D eigenvalue weighted by Crippen LogP contribution is -2.10. The first kappa shape index (κ1) is 16.4. The van der Waals surface area contributed by atoms with E-state index < -0.39 is 21.2 Å². The summed E-state index contributed by atoms with van der Waals surface area (Å²) in [6, 6.07) is 9.64. The third kappa shape index (κ3) is 3.12. The third-order valence-corrected chi connectivity index (χ3v) is 3.62. The zero-order valence-electron chi connectivity index (χ0n) is 12.3. The molecule has 9 nitrogen and oxygen atoms in total. The number of hydrogen-bond donors (Lipinski definition) is 1. The molecular formula is C15H8ClN3O6. The van der Waals surface area contributed by atoms with E-state index in [1.165, 1.54) is 6.07 Å². The standard InChI is InChI=1S/C15H8ClN3O6/c16-8-1-3-9(4-2-8)17-13-11-7-10(18(21)22)5-6-12(11)25-15(20)14(13)19(23)24/h1-7,17H. The number of benzene rings is 2. The summed E-state index contributed by atoms with van der Waals surface area (Å²) in [5.74, 6) is 0. The van der Waals surface area contributed by atoms with Crippen LogP contribution >= 0.6 is 11.6 Å². The molecule has 0 spiro atoms. The van der Waals surface area contributed by atoms with Crippen LogP contribution in [-0.2, 0) is 0 Å². The van der Waals surface area contributed by atoms with Gasteiger partial charge in [-0.25, -0.2) is 4.79 Å². The molecular weight excluding hydrogens is 354 g/mol. The Kier molecular flexibility index (Phi) is 4.07. The molecule has 2 aromatic carbocycles. The van der Waals surface area contributed by atoms with E-state index in [9.17, 15) is 25.0 Å². The molecule has 0 bridgehead atoms. The first-order valence-electron chi connectivity index (χ1n) is 6.79. The highest BCUT2D eigenvalue weighted by Crippen LogP contribution is 2.34. The quantitative estimate of drug-likeness (QED) is 0.422. The van der Waals surface area contributed by atoms with Crippen molar-refractivity contribution in [3.8, 4) is 0 Å². The summed E-state index contributed by atoms with van der Waals surface area (Å²) in [6.45, 7) is 0. The average molecular weight is 362 g/mol. The molecule has 126 valence electrons. The van der Waals surface area contributed by atoms with Gasteiger partial charge in [0.1, 0.15) is 11.3 Å². The van der Waals surface area contributed by atoms with Gasteiger partial charge in [0.2, 0.25) is 0 Å². The molecule has 0 saturated carbocycles. The van der Waals surface area contributed by atoms with E-state index in [0.717, 1.165) is 12.1 Å². The molecule has 0 radical (unpaired) electrons. The second-order valence-corrected chi connectivity index (χ2v) is 5.38. The van der Waals surface area contributed by atoms with Crippen LogP contribution in [0.2, 0.25) is 5.02 Å². The van der Waals surface area contributed by atoms with Gasteiger partial charge in [-0.3, -0.25) is 20.2 Å². The zero-order valence-corrected chi connectivity index (χ0v) is 13.0. The third-order valence-electron chi connectivity index (χ3n) is 3.37. The second-order valence-electron chi connectivity index (χ2n) is 4.94. The van der Waals surface area contributed by atoms with Crippen molar-refractivity contribution in [2.24, 2.45) is 0 Å². The molecule has 0 amide bonds. The molecule has 0 unspecified atom stereocenters. The van der Waals surface area contributed by atoms with E-state index in [0.29, 0.717) is 10.7 Å². The minimum atomic E-state index is -1.16. The van der Waals surface area contributed by atoms with Crippen LogP contribution in [0.25, 0.3) is 11.0 Å². The largest absolute Gasteiger partial charge is 0.418 e. The predicted octanol–water partition coefficient (Wildman–Crippen LogP) is 4.01. The topological polar surface area (TPSA) is 129 Å². The van der Waals surface area contributed by atoms with Crippen molar-refractivity contribution in [3.05, 3.63) is 78.1 Å². The van der Waals surface area contributed by atoms with Crippen molar-refractivity contribution in [1.29, 1.82) is 0 Å². The Labute approximate surface area is 143 Å². The van der Waals surface area contributed by atoms with Gasteiger partial charge in [-0.2, -0.15) is 0 Å². The smallest absolute Gasteiger partial charge is 0.417 e. The fraction of sp³-hybridized carbons (Fsp3) is 0. The Hall–Kier alpha value is -3.46. The lowest BCUT2D eigenvalue weighted by Gasteiger charge is -2.09. The molecule has 3 aromatic rings. The van der Waals surface area contributed by atoms with E-state index >= 15 is 0 Å². The van der Waals surface area contributed by atoms with Crippen molar-refractivity contribution < 1.29 is 14.3 Å². The first-order valence-corrected chi connectivity index (χ1v) is 7.17. The number of nitro benzene ring substituents is 1. The Morgan fingerprint density at radius 1 is 1.00 bits per heavy atom. The number of nitrogens with zero attached hydrogens (tertiary/aromatic N) is 2. The van der Waals surface area contributed by atoms with Gasteiger partial charge in [0.05, 0.1) is 15.2 Å². The van der Waals surface area contributed by atoms with E-state index in [-0.39, 0.29) is 22.3 Å². The van der Waals surface area contributed by atoms with Crippen LogP contribution < -0.4 is 10.9 Å². The molecule has 0 aliphatic heterocycles. The van der Waals surface area contributed by atoms with Crippen molar-refractivity contribution in [1.82, 2.24) is 0 Å². The van der Waals surface area contributed by atoms with E-state index in [4.69, 9.17) is 16.0 Å². The predicted molar refractivity (Wildman–Crippen MR) is 90.5 cm³/mol. The molecule has 0 atom stereocenters. The average Bonchev–Trinajstić information content (AvgIpc) is 2.56. The minimum Gasteiger partial charge on any atom is -0.418 e. The molecule has 0 saturated heterocycles. The maximum Gasteiger partial charge on any atom is 0.417 e. The fourth-order valence-electron chi connectivity index (χ4n) is 2.26. The van der Waals surface area contributed by atoms with Gasteiger partial charge in [0, 0.05) is 22.8 Å². The van der Waals surface area contributed by atoms with Crippen LogP contribution in [0.3, 0.4) is 0 Å². The van der Waals surface area contributed by atoms with Crippen LogP contribution in [0, 0.1) is 20.2 Å². The fourth-order valence-corrected chi connectivity index (χ4v) is 2.39. The first-order chi connectivity index (χ1) is 11.9. The van der Waals surface area contributed by atoms with E-state index in [2.05, 4.69) is 5.32 Å². The highest BCUT2D eigenvalue weighted by molar-refractivity contribution is 6.30. The van der Waals surface area contributed by atoms with Crippen LogP contribution in [0.1, 0.15) is 0 Å². The van der Waals surface area contributed by atoms with Crippen LogP contribution in [-0.4, -0.2) is 9.85 Å². The molecule has 25 heavy (non-hydrogen) atoms. The van der Waals surface area contributed by atoms with Gasteiger partial charge < -0.3 is 9.73 Å². The molecule has 1 N–H and O–H groups in total. The Bertz CT molecular complexity index is 1060. The van der Waals surface area contributed by atoms with Gasteiger partial charge in [0.25, 0.3) is 5.69 Å². The lowest BCUT2D eigenvalue weighted by molar-refractivity contribution is -0.386. The van der Waals surface area contributed by atoms with Gasteiger partial charge in [-0.15, -0.1) is 0 Å². The second kappa shape index (κ2) is 6.21. The molecule has 1 aromatic heterocycles. The normalized spacial score (nSPS) is 10.6. The highest BCUT2D eigenvalue weighted by atomic mass is 35.5. The molecule has 10 heteroatoms. The van der Waals surface area contributed by atoms with Crippen molar-refractivity contribution in [2.45, 2.75) is 0 Å². The molecule has 3 rings (SSSR count). The number of nitro groups is 2. The van der Waals surface area contributed by atoms with Crippen LogP contribution in [0.15, 0.2) is 51.7 Å². The van der Waals surface area contributed by atoms with Crippen LogP contribution in [0.4, 0.5) is 22.7 Å². The summed E-state index contributed by atoms with van der Waals surface area (Å²) in [7, 11) is 0. The number of rotatable bonds is 4. The maximum atomic E-state index is 12.0. The number of non-ortho nitro benzene ring substituents is 1. The van der Waals surface area contributed by atoms with Crippen molar-refractivity contribution in [3.63, 3.8) is 0 Å². The summed E-state index contributed by atoms with van der Waals surface area (Å²) >= 11 is 5.80. The van der Waals surface area contributed by atoms with E-state index in [1.807, 2.05) is 0 Å². The van der Waals surface area contributed by atoms with Crippen LogP contribution in [0.5, 0.6) is 0 Å². The van der Waals surface area contributed by atoms with E-state index in [1.54, 1.807) is 24.3 Å².